The number of nitrogens with one attached hydrogen (secondary N) is 2. The first-order valence-corrected chi connectivity index (χ1v) is 9.03. The van der Waals surface area contributed by atoms with E-state index in [4.69, 9.17) is 0 Å². The molecule has 0 saturated carbocycles. The molecule has 0 spiro atoms. The lowest BCUT2D eigenvalue weighted by molar-refractivity contribution is 0.102. The molecule has 0 aliphatic carbocycles. The second kappa shape index (κ2) is 7.32. The zero-order valence-corrected chi connectivity index (χ0v) is 14.2. The maximum absolute atomic E-state index is 13.0. The summed E-state index contributed by atoms with van der Waals surface area (Å²) >= 11 is 0. The molecule has 1 heterocycles. The normalized spacial score (nSPS) is 11.0. The molecule has 3 aromatic rings. The molecule has 8 heteroatoms. The average Bonchev–Trinajstić information content (AvgIpc) is 2.64. The number of hydrogen-bond acceptors (Lipinski definition) is 4. The topological polar surface area (TPSA) is 88.2 Å². The molecule has 0 unspecified atom stereocenters. The van der Waals surface area contributed by atoms with Crippen LogP contribution in [0.2, 0.25) is 0 Å². The highest BCUT2D eigenvalue weighted by atomic mass is 32.2. The Hall–Kier alpha value is -3.26. The Morgan fingerprint density at radius 3 is 2.27 bits per heavy atom. The molecule has 1 amide bonds. The molecule has 0 fully saturated rings. The first-order chi connectivity index (χ1) is 12.5. The van der Waals surface area contributed by atoms with E-state index < -0.39 is 21.7 Å². The molecule has 26 heavy (non-hydrogen) atoms. The summed E-state index contributed by atoms with van der Waals surface area (Å²) in [4.78, 5) is 16.1. The zero-order valence-electron chi connectivity index (χ0n) is 13.4. The van der Waals surface area contributed by atoms with E-state index in [-0.39, 0.29) is 16.3 Å². The number of para-hydroxylation sites is 2. The third kappa shape index (κ3) is 4.04. The molecular formula is C18H14FN3O3S. The predicted molar refractivity (Wildman–Crippen MR) is 95.8 cm³/mol. The van der Waals surface area contributed by atoms with Crippen LogP contribution in [0.3, 0.4) is 0 Å². The van der Waals surface area contributed by atoms with Crippen LogP contribution in [-0.4, -0.2) is 19.3 Å². The molecule has 2 aromatic carbocycles. The number of carbonyl (C=O) groups is 1. The number of nitrogens with zero attached hydrogens (tertiary/aromatic N) is 1. The third-order valence-electron chi connectivity index (χ3n) is 3.47. The predicted octanol–water partition coefficient (Wildman–Crippen LogP) is 3.27. The lowest BCUT2D eigenvalue weighted by atomic mass is 10.2. The maximum atomic E-state index is 13.0. The van der Waals surface area contributed by atoms with Crippen molar-refractivity contribution in [2.45, 2.75) is 4.90 Å². The van der Waals surface area contributed by atoms with Crippen LogP contribution >= 0.6 is 0 Å². The smallest absolute Gasteiger partial charge is 0.261 e. The summed E-state index contributed by atoms with van der Waals surface area (Å²) in [5.41, 5.74) is 0.810. The van der Waals surface area contributed by atoms with Gasteiger partial charge in [0.05, 0.1) is 21.8 Å². The fraction of sp³-hybridized carbons (Fsp3) is 0. The number of benzene rings is 2. The molecule has 0 bridgehead atoms. The summed E-state index contributed by atoms with van der Waals surface area (Å²) < 4.78 is 40.3. The van der Waals surface area contributed by atoms with Gasteiger partial charge in [0.15, 0.2) is 0 Å². The van der Waals surface area contributed by atoms with Crippen molar-refractivity contribution in [3.8, 4) is 0 Å². The van der Waals surface area contributed by atoms with Crippen molar-refractivity contribution >= 4 is 27.3 Å². The number of hydrogen-bond donors (Lipinski definition) is 2. The van der Waals surface area contributed by atoms with E-state index >= 15 is 0 Å². The molecule has 0 aliphatic rings. The van der Waals surface area contributed by atoms with Gasteiger partial charge in [-0.05, 0) is 48.5 Å². The highest BCUT2D eigenvalue weighted by Gasteiger charge is 2.17. The average molecular weight is 371 g/mol. The van der Waals surface area contributed by atoms with E-state index in [0.29, 0.717) is 5.56 Å². The second-order valence-corrected chi connectivity index (χ2v) is 6.98. The first kappa shape index (κ1) is 17.6. The van der Waals surface area contributed by atoms with E-state index in [0.717, 1.165) is 24.3 Å². The van der Waals surface area contributed by atoms with Crippen molar-refractivity contribution in [1.82, 2.24) is 4.98 Å². The van der Waals surface area contributed by atoms with E-state index in [1.807, 2.05) is 0 Å². The summed E-state index contributed by atoms with van der Waals surface area (Å²) in [5.74, 6) is -0.959. The van der Waals surface area contributed by atoms with Crippen molar-refractivity contribution < 1.29 is 17.6 Å². The number of carbonyl (C=O) groups excluding carboxylic acids is 1. The molecule has 6 nitrogen and oxygen atoms in total. The molecule has 1 aromatic heterocycles. The largest absolute Gasteiger partial charge is 0.320 e. The van der Waals surface area contributed by atoms with Crippen LogP contribution in [0, 0.1) is 5.82 Å². The number of halogens is 1. The minimum Gasteiger partial charge on any atom is -0.320 e. The van der Waals surface area contributed by atoms with E-state index in [2.05, 4.69) is 15.0 Å². The summed E-state index contributed by atoms with van der Waals surface area (Å²) in [7, 11) is -3.93. The molecule has 3 rings (SSSR count). The van der Waals surface area contributed by atoms with Gasteiger partial charge in [-0.3, -0.25) is 14.5 Å². The summed E-state index contributed by atoms with van der Waals surface area (Å²) in [6.07, 6.45) is 2.95. The van der Waals surface area contributed by atoms with Crippen LogP contribution in [0.4, 0.5) is 15.8 Å². The lowest BCUT2D eigenvalue weighted by Gasteiger charge is -2.13. The van der Waals surface area contributed by atoms with Crippen LogP contribution < -0.4 is 10.0 Å². The minimum absolute atomic E-state index is 0.0905. The molecule has 0 aliphatic heterocycles. The highest BCUT2D eigenvalue weighted by Crippen LogP contribution is 2.25. The molecule has 0 radical (unpaired) electrons. The Labute approximate surface area is 149 Å². The van der Waals surface area contributed by atoms with Crippen LogP contribution in [-0.2, 0) is 10.0 Å². The summed E-state index contributed by atoms with van der Waals surface area (Å²) in [6, 6.07) is 14.0. The minimum atomic E-state index is -3.93. The number of rotatable bonds is 5. The number of sulfonamides is 1. The van der Waals surface area contributed by atoms with E-state index in [1.54, 1.807) is 36.5 Å². The maximum Gasteiger partial charge on any atom is 0.261 e. The van der Waals surface area contributed by atoms with Crippen molar-refractivity contribution in [3.63, 3.8) is 0 Å². The van der Waals surface area contributed by atoms with Crippen molar-refractivity contribution in [1.29, 1.82) is 0 Å². The van der Waals surface area contributed by atoms with Gasteiger partial charge < -0.3 is 5.32 Å². The fourth-order valence-corrected chi connectivity index (χ4v) is 3.27. The molecule has 0 saturated heterocycles. The van der Waals surface area contributed by atoms with Gasteiger partial charge in [0.25, 0.3) is 15.9 Å². The van der Waals surface area contributed by atoms with Crippen molar-refractivity contribution in [2.75, 3.05) is 10.0 Å². The molecule has 2 N–H and O–H groups in total. The Bertz CT molecular complexity index is 1020. The Morgan fingerprint density at radius 1 is 0.923 bits per heavy atom. The molecule has 0 atom stereocenters. The summed E-state index contributed by atoms with van der Waals surface area (Å²) in [5, 5.41) is 2.64. The van der Waals surface area contributed by atoms with Gasteiger partial charge in [-0.2, -0.15) is 0 Å². The number of amides is 1. The van der Waals surface area contributed by atoms with E-state index in [9.17, 15) is 17.6 Å². The van der Waals surface area contributed by atoms with Gasteiger partial charge in [-0.25, -0.2) is 12.8 Å². The Morgan fingerprint density at radius 2 is 1.62 bits per heavy atom. The number of aromatic nitrogens is 1. The van der Waals surface area contributed by atoms with Crippen LogP contribution in [0.25, 0.3) is 0 Å². The van der Waals surface area contributed by atoms with Gasteiger partial charge in [0.1, 0.15) is 5.82 Å². The standard InChI is InChI=1S/C18H14FN3O3S/c19-14-7-9-15(10-8-14)26(24,25)22-17-6-2-1-5-16(17)21-18(23)13-4-3-11-20-12-13/h1-12,22H,(H,21,23). The molecule has 132 valence electrons. The van der Waals surface area contributed by atoms with Gasteiger partial charge in [0.2, 0.25) is 0 Å². The Balaban J connectivity index is 1.85. The monoisotopic (exact) mass is 371 g/mol. The lowest BCUT2D eigenvalue weighted by Crippen LogP contribution is -2.17. The fourth-order valence-electron chi connectivity index (χ4n) is 2.19. The van der Waals surface area contributed by atoms with Gasteiger partial charge in [0, 0.05) is 12.4 Å². The third-order valence-corrected chi connectivity index (χ3v) is 4.85. The SMILES string of the molecule is O=C(Nc1ccccc1NS(=O)(=O)c1ccc(F)cc1)c1cccnc1. The molecular weight excluding hydrogens is 357 g/mol. The van der Waals surface area contributed by atoms with Gasteiger partial charge in [-0.15, -0.1) is 0 Å². The zero-order chi connectivity index (χ0) is 18.6. The second-order valence-electron chi connectivity index (χ2n) is 5.30. The van der Waals surface area contributed by atoms with E-state index in [1.165, 1.54) is 12.3 Å². The Kier molecular flexibility index (Phi) is 4.94. The van der Waals surface area contributed by atoms with Crippen LogP contribution in [0.1, 0.15) is 10.4 Å². The highest BCUT2D eigenvalue weighted by molar-refractivity contribution is 7.92. The van der Waals surface area contributed by atoms with Crippen molar-refractivity contribution in [2.24, 2.45) is 0 Å². The number of pyridine rings is 1. The van der Waals surface area contributed by atoms with Crippen LogP contribution in [0.15, 0.2) is 78.0 Å². The quantitative estimate of drug-likeness (QED) is 0.720. The van der Waals surface area contributed by atoms with Gasteiger partial charge >= 0.3 is 0 Å². The van der Waals surface area contributed by atoms with Gasteiger partial charge in [-0.1, -0.05) is 12.1 Å². The van der Waals surface area contributed by atoms with Crippen LogP contribution in [0.5, 0.6) is 0 Å². The summed E-state index contributed by atoms with van der Waals surface area (Å²) in [6.45, 7) is 0. The number of anilines is 2. The first-order valence-electron chi connectivity index (χ1n) is 7.54. The van der Waals surface area contributed by atoms with Crippen molar-refractivity contribution in [3.05, 3.63) is 84.4 Å².